The first kappa shape index (κ1) is 8.02. The number of halogens is 1. The van der Waals surface area contributed by atoms with Gasteiger partial charge in [-0.15, -0.1) is 0 Å². The van der Waals surface area contributed by atoms with Crippen LogP contribution in [-0.4, -0.2) is 11.3 Å². The van der Waals surface area contributed by atoms with E-state index in [4.69, 9.17) is 17.3 Å². The summed E-state index contributed by atoms with van der Waals surface area (Å²) in [5.41, 5.74) is 5.64. The Morgan fingerprint density at radius 1 is 1.30 bits per heavy atom. The third-order valence-electron chi connectivity index (χ3n) is 2.09. The largest absolute Gasteiger partial charge is 0.328 e. The van der Waals surface area contributed by atoms with Crippen molar-refractivity contribution in [3.63, 3.8) is 0 Å². The summed E-state index contributed by atoms with van der Waals surface area (Å²) in [4.78, 5) is 10.6. The Hall–Kier alpha value is -0.0800. The summed E-state index contributed by atoms with van der Waals surface area (Å²) in [5, 5.41) is -0.188. The van der Waals surface area contributed by atoms with Crippen LogP contribution < -0.4 is 5.73 Å². The fourth-order valence-electron chi connectivity index (χ4n) is 1.35. The molecule has 0 aromatic heterocycles. The molecule has 0 saturated heterocycles. The van der Waals surface area contributed by atoms with Crippen molar-refractivity contribution in [3.05, 3.63) is 0 Å². The van der Waals surface area contributed by atoms with Gasteiger partial charge in [0.05, 0.1) is 0 Å². The fraction of sp³-hybridized carbons (Fsp3) is 0.857. The van der Waals surface area contributed by atoms with Gasteiger partial charge in [-0.05, 0) is 37.3 Å². The maximum absolute atomic E-state index is 10.6. The first-order valence-electron chi connectivity index (χ1n) is 3.65. The second kappa shape index (κ2) is 3.35. The molecule has 10 heavy (non-hydrogen) atoms. The molecule has 0 heterocycles. The van der Waals surface area contributed by atoms with Crippen molar-refractivity contribution in [2.45, 2.75) is 31.7 Å². The molecule has 0 aromatic rings. The first-order valence-corrected chi connectivity index (χ1v) is 4.03. The minimum atomic E-state index is -0.188. The van der Waals surface area contributed by atoms with Gasteiger partial charge in [0.15, 0.2) is 0 Å². The van der Waals surface area contributed by atoms with E-state index < -0.39 is 0 Å². The number of hydrogen-bond donors (Lipinski definition) is 1. The quantitative estimate of drug-likeness (QED) is 0.589. The van der Waals surface area contributed by atoms with Crippen LogP contribution in [0.5, 0.6) is 0 Å². The summed E-state index contributed by atoms with van der Waals surface area (Å²) in [6, 6.07) is 0.298. The summed E-state index contributed by atoms with van der Waals surface area (Å²) in [6.45, 7) is 0. The van der Waals surface area contributed by atoms with Gasteiger partial charge in [-0.2, -0.15) is 0 Å². The molecule has 0 spiro atoms. The van der Waals surface area contributed by atoms with E-state index in [0.29, 0.717) is 6.04 Å². The molecule has 1 aliphatic carbocycles. The van der Waals surface area contributed by atoms with E-state index in [1.54, 1.807) is 0 Å². The molecule has 2 N–H and O–H groups in total. The van der Waals surface area contributed by atoms with E-state index in [1.807, 2.05) is 0 Å². The topological polar surface area (TPSA) is 43.1 Å². The summed E-state index contributed by atoms with van der Waals surface area (Å²) in [6.07, 6.45) is 3.65. The Morgan fingerprint density at radius 3 is 2.20 bits per heavy atom. The number of carbonyl (C=O) groups excluding carboxylic acids is 1. The van der Waals surface area contributed by atoms with Crippen LogP contribution in [0.15, 0.2) is 0 Å². The van der Waals surface area contributed by atoms with E-state index in [1.165, 1.54) is 0 Å². The minimum Gasteiger partial charge on any atom is -0.328 e. The van der Waals surface area contributed by atoms with Gasteiger partial charge in [-0.3, -0.25) is 4.79 Å². The average molecular weight is 162 g/mol. The van der Waals surface area contributed by atoms with Crippen molar-refractivity contribution in [2.24, 2.45) is 11.7 Å². The Labute approximate surface area is 65.7 Å². The normalized spacial score (nSPS) is 33.8. The van der Waals surface area contributed by atoms with E-state index in [9.17, 15) is 4.79 Å². The molecule has 0 aliphatic heterocycles. The predicted molar refractivity (Wildman–Crippen MR) is 40.8 cm³/mol. The van der Waals surface area contributed by atoms with Crippen LogP contribution in [-0.2, 0) is 4.79 Å². The second-order valence-corrected chi connectivity index (χ2v) is 3.29. The van der Waals surface area contributed by atoms with Crippen molar-refractivity contribution >= 4 is 16.8 Å². The highest BCUT2D eigenvalue weighted by Gasteiger charge is 2.22. The van der Waals surface area contributed by atoms with Crippen LogP contribution in [0.4, 0.5) is 0 Å². The lowest BCUT2D eigenvalue weighted by Crippen LogP contribution is -2.28. The lowest BCUT2D eigenvalue weighted by atomic mass is 9.87. The van der Waals surface area contributed by atoms with E-state index in [-0.39, 0.29) is 11.2 Å². The second-order valence-electron chi connectivity index (χ2n) is 2.92. The minimum absolute atomic E-state index is 0.0847. The predicted octanol–water partition coefficient (Wildman–Crippen LogP) is 1.27. The zero-order chi connectivity index (χ0) is 7.56. The molecule has 1 saturated carbocycles. The van der Waals surface area contributed by atoms with Crippen molar-refractivity contribution < 1.29 is 4.79 Å². The maximum Gasteiger partial charge on any atom is 0.224 e. The van der Waals surface area contributed by atoms with Crippen LogP contribution in [0.3, 0.4) is 0 Å². The molecule has 2 nitrogen and oxygen atoms in total. The Kier molecular flexibility index (Phi) is 2.69. The Balaban J connectivity index is 2.33. The number of nitrogens with two attached hydrogens (primary N) is 1. The molecule has 1 fully saturated rings. The zero-order valence-corrected chi connectivity index (χ0v) is 6.60. The molecule has 0 radical (unpaired) electrons. The average Bonchev–Trinajstić information content (AvgIpc) is 1.88. The molecule has 1 aliphatic rings. The molecule has 0 aromatic carbocycles. The molecule has 0 amide bonds. The van der Waals surface area contributed by atoms with Gasteiger partial charge in [0.1, 0.15) is 0 Å². The molecule has 0 unspecified atom stereocenters. The molecule has 3 heteroatoms. The molecule has 0 bridgehead atoms. The molecule has 58 valence electrons. The van der Waals surface area contributed by atoms with E-state index in [2.05, 4.69) is 0 Å². The van der Waals surface area contributed by atoms with Gasteiger partial charge in [0, 0.05) is 12.0 Å². The highest BCUT2D eigenvalue weighted by atomic mass is 35.5. The monoisotopic (exact) mass is 161 g/mol. The number of rotatable bonds is 1. The first-order chi connectivity index (χ1) is 4.70. The van der Waals surface area contributed by atoms with Gasteiger partial charge in [-0.25, -0.2) is 0 Å². The van der Waals surface area contributed by atoms with Crippen LogP contribution >= 0.6 is 11.6 Å². The lowest BCUT2D eigenvalue weighted by Gasteiger charge is -2.22. The number of carbonyl (C=O) groups is 1. The van der Waals surface area contributed by atoms with Crippen LogP contribution in [0.1, 0.15) is 25.7 Å². The van der Waals surface area contributed by atoms with Gasteiger partial charge in [-0.1, -0.05) is 0 Å². The summed E-state index contributed by atoms with van der Waals surface area (Å²) < 4.78 is 0. The lowest BCUT2D eigenvalue weighted by molar-refractivity contribution is -0.116. The van der Waals surface area contributed by atoms with Gasteiger partial charge >= 0.3 is 0 Å². The van der Waals surface area contributed by atoms with Crippen molar-refractivity contribution in [1.82, 2.24) is 0 Å². The standard InChI is InChI=1S/C7H12ClNO/c8-7(10)5-1-3-6(9)4-2-5/h5-6H,1-4,9H2/t5-,6-. The highest BCUT2D eigenvalue weighted by molar-refractivity contribution is 6.63. The zero-order valence-electron chi connectivity index (χ0n) is 5.85. The smallest absolute Gasteiger partial charge is 0.224 e. The van der Waals surface area contributed by atoms with Crippen molar-refractivity contribution in [3.8, 4) is 0 Å². The fourth-order valence-corrected chi connectivity index (χ4v) is 1.56. The Morgan fingerprint density at radius 2 is 1.80 bits per heavy atom. The van der Waals surface area contributed by atoms with E-state index in [0.717, 1.165) is 25.7 Å². The van der Waals surface area contributed by atoms with Gasteiger partial charge in [0.2, 0.25) is 5.24 Å². The van der Waals surface area contributed by atoms with Crippen LogP contribution in [0.25, 0.3) is 0 Å². The maximum atomic E-state index is 10.6. The molecule has 0 atom stereocenters. The van der Waals surface area contributed by atoms with E-state index >= 15 is 0 Å². The van der Waals surface area contributed by atoms with Crippen molar-refractivity contribution in [2.75, 3.05) is 0 Å². The summed E-state index contributed by atoms with van der Waals surface area (Å²) in [5.74, 6) is 0.0847. The SMILES string of the molecule is N[C@H]1CC[C@H](C(=O)Cl)CC1. The third kappa shape index (κ3) is 1.96. The highest BCUT2D eigenvalue weighted by Crippen LogP contribution is 2.24. The molecular weight excluding hydrogens is 150 g/mol. The molecular formula is C7H12ClNO. The van der Waals surface area contributed by atoms with Crippen LogP contribution in [0.2, 0.25) is 0 Å². The van der Waals surface area contributed by atoms with Gasteiger partial charge in [0.25, 0.3) is 0 Å². The van der Waals surface area contributed by atoms with Crippen LogP contribution in [0, 0.1) is 5.92 Å². The third-order valence-corrected chi connectivity index (χ3v) is 2.40. The van der Waals surface area contributed by atoms with Gasteiger partial charge < -0.3 is 5.73 Å². The number of hydrogen-bond acceptors (Lipinski definition) is 2. The summed E-state index contributed by atoms with van der Waals surface area (Å²) in [7, 11) is 0. The van der Waals surface area contributed by atoms with Crippen molar-refractivity contribution in [1.29, 1.82) is 0 Å². The summed E-state index contributed by atoms with van der Waals surface area (Å²) >= 11 is 5.32. The molecule has 1 rings (SSSR count). The Bertz CT molecular complexity index is 130.